The molecule has 0 aromatic carbocycles. The fraction of sp³-hybridized carbons (Fsp3) is 0.875. The summed E-state index contributed by atoms with van der Waals surface area (Å²) in [6, 6.07) is -0.290. The van der Waals surface area contributed by atoms with Gasteiger partial charge in [0.1, 0.15) is 0 Å². The van der Waals surface area contributed by atoms with Gasteiger partial charge in [-0.2, -0.15) is 0 Å². The molecule has 12 heavy (non-hydrogen) atoms. The SMILES string of the molecule is CC1CCN(C(=O)N(C)O)CC1. The normalized spacial score (nSPS) is 19.4. The number of urea groups is 1. The van der Waals surface area contributed by atoms with E-state index in [-0.39, 0.29) is 6.03 Å². The van der Waals surface area contributed by atoms with Crippen molar-refractivity contribution in [1.29, 1.82) is 0 Å². The predicted octanol–water partition coefficient (Wildman–Crippen LogP) is 1.16. The van der Waals surface area contributed by atoms with E-state index in [1.807, 2.05) is 0 Å². The standard InChI is InChI=1S/C8H16N2O2/c1-7-3-5-10(6-4-7)8(11)9(2)12/h7,12H,3-6H2,1-2H3. The van der Waals surface area contributed by atoms with Crippen LogP contribution in [-0.2, 0) is 0 Å². The van der Waals surface area contributed by atoms with E-state index in [1.54, 1.807) is 4.90 Å². The molecule has 1 fully saturated rings. The number of hydrogen-bond donors (Lipinski definition) is 1. The second-order valence-electron chi connectivity index (χ2n) is 3.48. The van der Waals surface area contributed by atoms with Crippen LogP contribution in [-0.4, -0.2) is 41.3 Å². The van der Waals surface area contributed by atoms with E-state index >= 15 is 0 Å². The lowest BCUT2D eigenvalue weighted by Gasteiger charge is -2.31. The van der Waals surface area contributed by atoms with Gasteiger partial charge in [-0.1, -0.05) is 6.92 Å². The zero-order chi connectivity index (χ0) is 9.14. The molecule has 0 saturated carbocycles. The van der Waals surface area contributed by atoms with Crippen LogP contribution in [0.4, 0.5) is 4.79 Å². The quantitative estimate of drug-likeness (QED) is 0.440. The average Bonchev–Trinajstić information content (AvgIpc) is 2.04. The molecule has 0 spiro atoms. The van der Waals surface area contributed by atoms with E-state index in [9.17, 15) is 4.79 Å². The number of likely N-dealkylation sites (tertiary alicyclic amines) is 1. The number of hydroxylamine groups is 2. The summed E-state index contributed by atoms with van der Waals surface area (Å²) in [6.07, 6.45) is 2.08. The fourth-order valence-corrected chi connectivity index (χ4v) is 1.40. The van der Waals surface area contributed by atoms with E-state index < -0.39 is 0 Å². The lowest BCUT2D eigenvalue weighted by atomic mass is 10.00. The Labute approximate surface area is 72.7 Å². The number of piperidine rings is 1. The molecule has 0 aromatic rings. The molecule has 1 aliphatic heterocycles. The number of nitrogens with zero attached hydrogens (tertiary/aromatic N) is 2. The van der Waals surface area contributed by atoms with Crippen LogP contribution >= 0.6 is 0 Å². The lowest BCUT2D eigenvalue weighted by molar-refractivity contribution is -0.0363. The number of carbonyl (C=O) groups is 1. The molecule has 1 aliphatic rings. The molecule has 0 bridgehead atoms. The molecule has 0 atom stereocenters. The molecule has 4 nitrogen and oxygen atoms in total. The molecular formula is C8H16N2O2. The monoisotopic (exact) mass is 172 g/mol. The Kier molecular flexibility index (Phi) is 2.92. The number of amides is 2. The maximum Gasteiger partial charge on any atom is 0.343 e. The minimum atomic E-state index is -0.290. The van der Waals surface area contributed by atoms with Crippen LogP contribution in [0.25, 0.3) is 0 Å². The van der Waals surface area contributed by atoms with E-state index in [0.29, 0.717) is 11.0 Å². The molecule has 4 heteroatoms. The highest BCUT2D eigenvalue weighted by atomic mass is 16.5. The van der Waals surface area contributed by atoms with Gasteiger partial charge in [-0.3, -0.25) is 5.21 Å². The summed E-state index contributed by atoms with van der Waals surface area (Å²) in [6.45, 7) is 3.72. The topological polar surface area (TPSA) is 43.8 Å². The van der Waals surface area contributed by atoms with Crippen LogP contribution in [0.5, 0.6) is 0 Å². The molecule has 2 amide bonds. The third-order valence-electron chi connectivity index (χ3n) is 2.33. The summed E-state index contributed by atoms with van der Waals surface area (Å²) in [7, 11) is 1.36. The number of hydrogen-bond acceptors (Lipinski definition) is 2. The van der Waals surface area contributed by atoms with E-state index in [1.165, 1.54) is 7.05 Å². The fourth-order valence-electron chi connectivity index (χ4n) is 1.40. The molecule has 0 radical (unpaired) electrons. The summed E-state index contributed by atoms with van der Waals surface area (Å²) < 4.78 is 0. The maximum atomic E-state index is 11.2. The second kappa shape index (κ2) is 3.76. The maximum absolute atomic E-state index is 11.2. The van der Waals surface area contributed by atoms with Crippen LogP contribution in [0.2, 0.25) is 0 Å². The Hall–Kier alpha value is -0.770. The van der Waals surface area contributed by atoms with E-state index in [0.717, 1.165) is 25.9 Å². The van der Waals surface area contributed by atoms with Gasteiger partial charge < -0.3 is 4.90 Å². The first-order valence-corrected chi connectivity index (χ1v) is 4.32. The van der Waals surface area contributed by atoms with Crippen molar-refractivity contribution in [3.05, 3.63) is 0 Å². The van der Waals surface area contributed by atoms with Crippen molar-refractivity contribution in [2.24, 2.45) is 5.92 Å². The first-order valence-electron chi connectivity index (χ1n) is 4.32. The summed E-state index contributed by atoms with van der Waals surface area (Å²) in [5.41, 5.74) is 0. The Morgan fingerprint density at radius 2 is 2.00 bits per heavy atom. The number of carbonyl (C=O) groups excluding carboxylic acids is 1. The molecule has 1 heterocycles. The Bertz CT molecular complexity index is 162. The summed E-state index contributed by atoms with van der Waals surface area (Å²) in [5.74, 6) is 0.707. The molecule has 1 rings (SSSR count). The van der Waals surface area contributed by atoms with Crippen molar-refractivity contribution in [2.45, 2.75) is 19.8 Å². The molecule has 1 saturated heterocycles. The first-order chi connectivity index (χ1) is 5.61. The van der Waals surface area contributed by atoms with Crippen molar-refractivity contribution < 1.29 is 10.0 Å². The van der Waals surface area contributed by atoms with Crippen molar-refractivity contribution in [3.63, 3.8) is 0 Å². The third-order valence-corrected chi connectivity index (χ3v) is 2.33. The van der Waals surface area contributed by atoms with Crippen LogP contribution < -0.4 is 0 Å². The van der Waals surface area contributed by atoms with Gasteiger partial charge in [0.05, 0.1) is 0 Å². The van der Waals surface area contributed by atoms with Gasteiger partial charge >= 0.3 is 6.03 Å². The molecule has 70 valence electrons. The van der Waals surface area contributed by atoms with Gasteiger partial charge in [0.25, 0.3) is 0 Å². The minimum absolute atomic E-state index is 0.290. The van der Waals surface area contributed by atoms with E-state index in [2.05, 4.69) is 6.92 Å². The predicted molar refractivity (Wildman–Crippen MR) is 44.9 cm³/mol. The van der Waals surface area contributed by atoms with Gasteiger partial charge in [-0.05, 0) is 18.8 Å². The highest BCUT2D eigenvalue weighted by Crippen LogP contribution is 2.16. The van der Waals surface area contributed by atoms with Gasteiger partial charge in [0.15, 0.2) is 0 Å². The van der Waals surface area contributed by atoms with Crippen molar-refractivity contribution >= 4 is 6.03 Å². The molecule has 0 unspecified atom stereocenters. The molecule has 1 N–H and O–H groups in total. The van der Waals surface area contributed by atoms with Crippen molar-refractivity contribution in [2.75, 3.05) is 20.1 Å². The Morgan fingerprint density at radius 1 is 1.50 bits per heavy atom. The van der Waals surface area contributed by atoms with Crippen LogP contribution in [0.15, 0.2) is 0 Å². The van der Waals surface area contributed by atoms with Crippen LogP contribution in [0.1, 0.15) is 19.8 Å². The summed E-state index contributed by atoms with van der Waals surface area (Å²) in [5, 5.41) is 9.53. The van der Waals surface area contributed by atoms with Gasteiger partial charge in [0.2, 0.25) is 0 Å². The number of rotatable bonds is 0. The van der Waals surface area contributed by atoms with Crippen LogP contribution in [0.3, 0.4) is 0 Å². The van der Waals surface area contributed by atoms with Gasteiger partial charge in [-0.15, -0.1) is 0 Å². The first kappa shape index (κ1) is 9.32. The minimum Gasteiger partial charge on any atom is -0.323 e. The largest absolute Gasteiger partial charge is 0.343 e. The van der Waals surface area contributed by atoms with Crippen molar-refractivity contribution in [1.82, 2.24) is 9.96 Å². The molecular weight excluding hydrogens is 156 g/mol. The highest BCUT2D eigenvalue weighted by Gasteiger charge is 2.21. The second-order valence-corrected chi connectivity index (χ2v) is 3.48. The Balaban J connectivity index is 2.39. The lowest BCUT2D eigenvalue weighted by Crippen LogP contribution is -2.43. The third kappa shape index (κ3) is 2.11. The average molecular weight is 172 g/mol. The Morgan fingerprint density at radius 3 is 2.42 bits per heavy atom. The zero-order valence-electron chi connectivity index (χ0n) is 7.66. The molecule has 0 aliphatic carbocycles. The van der Waals surface area contributed by atoms with Gasteiger partial charge in [-0.25, -0.2) is 9.86 Å². The van der Waals surface area contributed by atoms with Crippen LogP contribution in [0, 0.1) is 5.92 Å². The highest BCUT2D eigenvalue weighted by molar-refractivity contribution is 5.72. The van der Waals surface area contributed by atoms with E-state index in [4.69, 9.17) is 5.21 Å². The summed E-state index contributed by atoms with van der Waals surface area (Å²) >= 11 is 0. The summed E-state index contributed by atoms with van der Waals surface area (Å²) in [4.78, 5) is 12.9. The van der Waals surface area contributed by atoms with Crippen molar-refractivity contribution in [3.8, 4) is 0 Å². The zero-order valence-corrected chi connectivity index (χ0v) is 7.66. The molecule has 0 aromatic heterocycles. The smallest absolute Gasteiger partial charge is 0.323 e. The van der Waals surface area contributed by atoms with Gasteiger partial charge in [0, 0.05) is 20.1 Å².